The van der Waals surface area contributed by atoms with E-state index in [2.05, 4.69) is 5.32 Å². The average molecular weight is 348 g/mol. The molecule has 128 valence electrons. The zero-order chi connectivity index (χ0) is 16.9. The van der Waals surface area contributed by atoms with Gasteiger partial charge in [0.2, 0.25) is 0 Å². The molecule has 1 aliphatic rings. The molecular weight excluding hydrogens is 328 g/mol. The van der Waals surface area contributed by atoms with Crippen molar-refractivity contribution in [1.29, 1.82) is 0 Å². The van der Waals surface area contributed by atoms with Crippen LogP contribution in [-0.4, -0.2) is 36.6 Å². The van der Waals surface area contributed by atoms with E-state index in [1.54, 1.807) is 6.92 Å². The first-order valence-electron chi connectivity index (χ1n) is 7.54. The third-order valence-electron chi connectivity index (χ3n) is 3.71. The van der Waals surface area contributed by atoms with Gasteiger partial charge in [0.15, 0.2) is 0 Å². The molecule has 1 saturated heterocycles. The molecule has 0 aromatic heterocycles. The van der Waals surface area contributed by atoms with Crippen LogP contribution in [0.4, 0.5) is 8.78 Å². The first kappa shape index (κ1) is 18.1. The highest BCUT2D eigenvalue weighted by Gasteiger charge is 2.38. The first-order chi connectivity index (χ1) is 10.9. The normalized spacial score (nSPS) is 19.1. The summed E-state index contributed by atoms with van der Waals surface area (Å²) < 4.78 is 37.2. The van der Waals surface area contributed by atoms with Crippen molar-refractivity contribution in [3.05, 3.63) is 35.9 Å². The van der Waals surface area contributed by atoms with E-state index >= 15 is 0 Å². The lowest BCUT2D eigenvalue weighted by Gasteiger charge is -2.32. The van der Waals surface area contributed by atoms with Crippen molar-refractivity contribution in [1.82, 2.24) is 5.32 Å². The molecule has 1 heterocycles. The van der Waals surface area contributed by atoms with E-state index in [1.165, 1.54) is 0 Å². The lowest BCUT2D eigenvalue weighted by Crippen LogP contribution is -2.45. The molecule has 0 spiro atoms. The van der Waals surface area contributed by atoms with Gasteiger partial charge >= 0.3 is 11.3 Å². The van der Waals surface area contributed by atoms with Gasteiger partial charge in [0.1, 0.15) is 6.10 Å². The first-order valence-corrected chi connectivity index (χ1v) is 7.91. The van der Waals surface area contributed by atoms with E-state index in [0.29, 0.717) is 13.2 Å². The molecule has 1 N–H and O–H groups in total. The molecule has 23 heavy (non-hydrogen) atoms. The molecule has 2 atom stereocenters. The number of carbonyl (C=O) groups is 1. The Hall–Kier alpha value is -1.24. The largest absolute Gasteiger partial charge is 0.399 e. The number of hydrogen-bond donors (Lipinski definition) is 1. The van der Waals surface area contributed by atoms with Crippen molar-refractivity contribution in [2.75, 3.05) is 13.2 Å². The van der Waals surface area contributed by atoms with Gasteiger partial charge in [-0.15, -0.1) is 0 Å². The van der Waals surface area contributed by atoms with Crippen LogP contribution in [0.25, 0.3) is 0 Å². The topological polar surface area (TPSA) is 47.6 Å². The molecule has 1 fully saturated rings. The van der Waals surface area contributed by atoms with Gasteiger partial charge in [-0.05, 0) is 36.9 Å². The Bertz CT molecular complexity index is 504. The van der Waals surface area contributed by atoms with Crippen molar-refractivity contribution in [3.8, 4) is 0 Å². The summed E-state index contributed by atoms with van der Waals surface area (Å²) in [5, 5.41) is -1.71. The summed E-state index contributed by atoms with van der Waals surface area (Å²) in [4.78, 5) is 11.4. The highest BCUT2D eigenvalue weighted by molar-refractivity contribution is 6.32. The molecule has 1 aliphatic heterocycles. The molecular formula is C16H20ClF2NO3. The maximum atomic E-state index is 12.9. The lowest BCUT2D eigenvalue weighted by atomic mass is 10.0. The van der Waals surface area contributed by atoms with Crippen LogP contribution in [0.1, 0.15) is 31.4 Å². The van der Waals surface area contributed by atoms with Crippen molar-refractivity contribution in [2.45, 2.75) is 43.4 Å². The van der Waals surface area contributed by atoms with E-state index < -0.39 is 23.4 Å². The SMILES string of the molecule is CC(NC(=O)C(F)(F)Cl)C(OC1CCOCC1)c1ccccc1. The fraction of sp³-hybridized carbons (Fsp3) is 0.562. The molecule has 1 aromatic rings. The van der Waals surface area contributed by atoms with Crippen LogP contribution in [0.15, 0.2) is 30.3 Å². The summed E-state index contributed by atoms with van der Waals surface area (Å²) in [5.41, 5.74) is 0.810. The Morgan fingerprint density at radius 1 is 1.35 bits per heavy atom. The number of alkyl halides is 3. The van der Waals surface area contributed by atoms with Gasteiger partial charge in [-0.3, -0.25) is 4.79 Å². The third kappa shape index (κ3) is 5.41. The molecule has 4 nitrogen and oxygen atoms in total. The number of rotatable bonds is 6. The molecule has 0 saturated carbocycles. The quantitative estimate of drug-likeness (QED) is 0.803. The number of hydrogen-bond acceptors (Lipinski definition) is 3. The molecule has 0 bridgehead atoms. The average Bonchev–Trinajstić information content (AvgIpc) is 2.53. The van der Waals surface area contributed by atoms with Crippen LogP contribution >= 0.6 is 11.6 Å². The summed E-state index contributed by atoms with van der Waals surface area (Å²) in [6, 6.07) is 8.54. The predicted octanol–water partition coefficient (Wildman–Crippen LogP) is 3.26. The van der Waals surface area contributed by atoms with E-state index in [-0.39, 0.29) is 6.10 Å². The molecule has 0 radical (unpaired) electrons. The van der Waals surface area contributed by atoms with Crippen LogP contribution in [0, 0.1) is 0 Å². The predicted molar refractivity (Wildman–Crippen MR) is 82.5 cm³/mol. The fourth-order valence-electron chi connectivity index (χ4n) is 2.51. The summed E-state index contributed by atoms with van der Waals surface area (Å²) in [7, 11) is 0. The van der Waals surface area contributed by atoms with Crippen LogP contribution < -0.4 is 5.32 Å². The number of benzene rings is 1. The van der Waals surface area contributed by atoms with Gasteiger partial charge in [-0.25, -0.2) is 0 Å². The van der Waals surface area contributed by atoms with E-state index in [0.717, 1.165) is 18.4 Å². The fourth-order valence-corrected chi connectivity index (χ4v) is 2.57. The van der Waals surface area contributed by atoms with Crippen molar-refractivity contribution >= 4 is 17.5 Å². The van der Waals surface area contributed by atoms with Crippen molar-refractivity contribution in [3.63, 3.8) is 0 Å². The molecule has 7 heteroatoms. The highest BCUT2D eigenvalue weighted by Crippen LogP contribution is 2.27. The Morgan fingerprint density at radius 2 is 1.96 bits per heavy atom. The van der Waals surface area contributed by atoms with E-state index in [1.807, 2.05) is 30.3 Å². The Labute approximate surface area is 139 Å². The number of nitrogens with one attached hydrogen (secondary N) is 1. The number of carbonyl (C=O) groups excluding carboxylic acids is 1. The van der Waals surface area contributed by atoms with Crippen LogP contribution in [0.3, 0.4) is 0 Å². The number of halogens is 3. The monoisotopic (exact) mass is 347 g/mol. The second-order valence-electron chi connectivity index (χ2n) is 5.54. The van der Waals surface area contributed by atoms with Gasteiger partial charge < -0.3 is 14.8 Å². The second-order valence-corrected chi connectivity index (χ2v) is 6.01. The minimum atomic E-state index is -3.94. The molecule has 2 unspecified atom stereocenters. The Morgan fingerprint density at radius 3 is 2.52 bits per heavy atom. The minimum Gasteiger partial charge on any atom is -0.381 e. The van der Waals surface area contributed by atoms with Crippen LogP contribution in [-0.2, 0) is 14.3 Å². The summed E-state index contributed by atoms with van der Waals surface area (Å²) in [5.74, 6) is -1.52. The van der Waals surface area contributed by atoms with Crippen LogP contribution in [0.5, 0.6) is 0 Å². The number of ether oxygens (including phenoxy) is 2. The standard InChI is InChI=1S/C16H20ClF2NO3/c1-11(20-15(21)16(17,18)19)14(12-5-3-2-4-6-12)23-13-7-9-22-10-8-13/h2-6,11,13-14H,7-10H2,1H3,(H,20,21). The zero-order valence-corrected chi connectivity index (χ0v) is 13.6. The van der Waals surface area contributed by atoms with E-state index in [4.69, 9.17) is 21.1 Å². The lowest BCUT2D eigenvalue weighted by molar-refractivity contribution is -0.139. The molecule has 1 aromatic carbocycles. The highest BCUT2D eigenvalue weighted by atomic mass is 35.5. The second kappa shape index (κ2) is 8.04. The van der Waals surface area contributed by atoms with Crippen LogP contribution in [0.2, 0.25) is 0 Å². The maximum absolute atomic E-state index is 12.9. The van der Waals surface area contributed by atoms with Gasteiger partial charge in [0, 0.05) is 13.2 Å². The smallest absolute Gasteiger partial charge is 0.381 e. The molecule has 2 rings (SSSR count). The Kier molecular flexibility index (Phi) is 6.33. The molecule has 0 aliphatic carbocycles. The summed E-state index contributed by atoms with van der Waals surface area (Å²) >= 11 is 4.77. The minimum absolute atomic E-state index is 0.0372. The van der Waals surface area contributed by atoms with Crippen molar-refractivity contribution in [2.24, 2.45) is 0 Å². The maximum Gasteiger partial charge on any atom is 0.399 e. The van der Waals surface area contributed by atoms with E-state index in [9.17, 15) is 13.6 Å². The molecule has 1 amide bonds. The van der Waals surface area contributed by atoms with Gasteiger partial charge in [-0.1, -0.05) is 30.3 Å². The van der Waals surface area contributed by atoms with Crippen molar-refractivity contribution < 1.29 is 23.0 Å². The zero-order valence-electron chi connectivity index (χ0n) is 12.8. The van der Waals surface area contributed by atoms with Gasteiger partial charge in [0.05, 0.1) is 12.1 Å². The van der Waals surface area contributed by atoms with Gasteiger partial charge in [0.25, 0.3) is 0 Å². The van der Waals surface area contributed by atoms with Gasteiger partial charge in [-0.2, -0.15) is 8.78 Å². The summed E-state index contributed by atoms with van der Waals surface area (Å²) in [6.07, 6.45) is 0.887. The summed E-state index contributed by atoms with van der Waals surface area (Å²) in [6.45, 7) is 2.83. The third-order valence-corrected chi connectivity index (χ3v) is 3.88. The Balaban J connectivity index is 2.10. The number of amides is 1.